The van der Waals surface area contributed by atoms with Crippen LogP contribution in [0.3, 0.4) is 0 Å². The van der Waals surface area contributed by atoms with Gasteiger partial charge in [-0.1, -0.05) is 6.92 Å². The Balaban J connectivity index is 2.40. The van der Waals surface area contributed by atoms with Crippen LogP contribution in [-0.2, 0) is 9.59 Å². The van der Waals surface area contributed by atoms with Crippen molar-refractivity contribution >= 4 is 11.8 Å². The summed E-state index contributed by atoms with van der Waals surface area (Å²) in [6.07, 6.45) is 3.29. The van der Waals surface area contributed by atoms with E-state index in [-0.39, 0.29) is 11.8 Å². The van der Waals surface area contributed by atoms with Crippen LogP contribution in [0.2, 0.25) is 0 Å². The minimum absolute atomic E-state index is 0.163. The fraction of sp³-hybridized carbons (Fsp3) is 0.833. The van der Waals surface area contributed by atoms with Crippen molar-refractivity contribution in [1.29, 1.82) is 0 Å². The fourth-order valence-corrected chi connectivity index (χ4v) is 2.20. The Morgan fingerprint density at radius 2 is 2.17 bits per heavy atom. The van der Waals surface area contributed by atoms with E-state index >= 15 is 0 Å². The van der Waals surface area contributed by atoms with Crippen molar-refractivity contribution in [2.75, 3.05) is 26.2 Å². The number of rotatable bonds is 5. The topological polar surface area (TPSA) is 73.5 Å². The van der Waals surface area contributed by atoms with Gasteiger partial charge in [0.05, 0.1) is 6.54 Å². The minimum Gasteiger partial charge on any atom is -0.315 e. The van der Waals surface area contributed by atoms with E-state index in [1.807, 2.05) is 0 Å². The molecule has 1 heterocycles. The summed E-state index contributed by atoms with van der Waals surface area (Å²) < 4.78 is 0. The highest BCUT2D eigenvalue weighted by molar-refractivity contribution is 5.81. The van der Waals surface area contributed by atoms with Gasteiger partial charge >= 0.3 is 0 Å². The van der Waals surface area contributed by atoms with E-state index in [4.69, 9.17) is 0 Å². The third kappa shape index (κ3) is 5.46. The van der Waals surface area contributed by atoms with Gasteiger partial charge in [-0.15, -0.1) is 0 Å². The molecule has 18 heavy (non-hydrogen) atoms. The van der Waals surface area contributed by atoms with Gasteiger partial charge in [0, 0.05) is 19.5 Å². The Morgan fingerprint density at radius 3 is 2.72 bits per heavy atom. The number of hydrogen-bond acceptors (Lipinski definition) is 4. The second kappa shape index (κ2) is 8.05. The highest BCUT2D eigenvalue weighted by atomic mass is 16.2. The lowest BCUT2D eigenvalue weighted by molar-refractivity contribution is -0.129. The first kappa shape index (κ1) is 14.9. The molecule has 0 saturated carbocycles. The fourth-order valence-electron chi connectivity index (χ4n) is 2.20. The second-order valence-corrected chi connectivity index (χ2v) is 4.70. The number of hydrogen-bond donors (Lipinski definition) is 3. The van der Waals surface area contributed by atoms with E-state index in [0.29, 0.717) is 12.6 Å². The molecule has 104 valence electrons. The zero-order valence-electron chi connectivity index (χ0n) is 11.3. The van der Waals surface area contributed by atoms with Crippen LogP contribution in [0.4, 0.5) is 0 Å². The molecule has 0 spiro atoms. The van der Waals surface area contributed by atoms with Crippen molar-refractivity contribution in [3.63, 3.8) is 0 Å². The number of piperidine rings is 1. The maximum Gasteiger partial charge on any atom is 0.252 e. The molecule has 1 atom stereocenters. The molecule has 0 aliphatic carbocycles. The maximum atomic E-state index is 11.7. The molecule has 0 aromatic carbocycles. The van der Waals surface area contributed by atoms with Crippen LogP contribution in [0.5, 0.6) is 0 Å². The predicted octanol–water partition coefficient (Wildman–Crippen LogP) is -0.382. The predicted molar refractivity (Wildman–Crippen MR) is 69.7 cm³/mol. The summed E-state index contributed by atoms with van der Waals surface area (Å²) >= 11 is 0. The van der Waals surface area contributed by atoms with Crippen molar-refractivity contribution in [3.05, 3.63) is 0 Å². The van der Waals surface area contributed by atoms with Crippen LogP contribution in [0.25, 0.3) is 0 Å². The molecule has 1 fully saturated rings. The molecule has 0 aromatic rings. The quantitative estimate of drug-likeness (QED) is 0.586. The Kier molecular flexibility index (Phi) is 6.67. The molecule has 1 aliphatic rings. The third-order valence-corrected chi connectivity index (χ3v) is 3.02. The Hall–Kier alpha value is -1.14. The van der Waals surface area contributed by atoms with Crippen molar-refractivity contribution < 1.29 is 9.59 Å². The highest BCUT2D eigenvalue weighted by Crippen LogP contribution is 2.10. The summed E-state index contributed by atoms with van der Waals surface area (Å²) in [5, 5.41) is 3.35. The Labute approximate surface area is 108 Å². The monoisotopic (exact) mass is 256 g/mol. The third-order valence-electron chi connectivity index (χ3n) is 3.02. The molecule has 6 nitrogen and oxygen atoms in total. The molecular weight excluding hydrogens is 232 g/mol. The minimum atomic E-state index is -0.260. The van der Waals surface area contributed by atoms with Crippen LogP contribution in [0.1, 0.15) is 33.1 Å². The van der Waals surface area contributed by atoms with Crippen LogP contribution < -0.4 is 16.2 Å². The molecule has 1 rings (SSSR count). The van der Waals surface area contributed by atoms with Crippen LogP contribution in [0, 0.1) is 0 Å². The summed E-state index contributed by atoms with van der Waals surface area (Å²) in [6, 6.07) is 0.418. The number of amides is 2. The average Bonchev–Trinajstić information content (AvgIpc) is 2.37. The van der Waals surface area contributed by atoms with Crippen LogP contribution in [-0.4, -0.2) is 48.9 Å². The van der Waals surface area contributed by atoms with Gasteiger partial charge in [0.25, 0.3) is 5.91 Å². The molecule has 3 N–H and O–H groups in total. The summed E-state index contributed by atoms with van der Waals surface area (Å²) in [5.74, 6) is -0.422. The number of nitrogens with one attached hydrogen (secondary N) is 3. The molecule has 0 radical (unpaired) electrons. The summed E-state index contributed by atoms with van der Waals surface area (Å²) in [7, 11) is 0. The smallest absolute Gasteiger partial charge is 0.252 e. The zero-order valence-corrected chi connectivity index (χ0v) is 11.3. The summed E-state index contributed by atoms with van der Waals surface area (Å²) in [4.78, 5) is 24.6. The molecule has 1 unspecified atom stereocenters. The SMILES string of the molecule is CCCN(CC(=O)NNC(C)=O)C1CCCNC1. The van der Waals surface area contributed by atoms with E-state index in [2.05, 4.69) is 28.0 Å². The van der Waals surface area contributed by atoms with Gasteiger partial charge in [0.1, 0.15) is 0 Å². The number of hydrazine groups is 1. The maximum absolute atomic E-state index is 11.7. The van der Waals surface area contributed by atoms with Gasteiger partial charge < -0.3 is 5.32 Å². The van der Waals surface area contributed by atoms with E-state index in [0.717, 1.165) is 38.9 Å². The van der Waals surface area contributed by atoms with E-state index in [1.165, 1.54) is 6.92 Å². The van der Waals surface area contributed by atoms with Crippen molar-refractivity contribution in [3.8, 4) is 0 Å². The Morgan fingerprint density at radius 1 is 1.39 bits per heavy atom. The Bertz CT molecular complexity index is 277. The zero-order chi connectivity index (χ0) is 13.4. The van der Waals surface area contributed by atoms with Crippen molar-refractivity contribution in [2.45, 2.75) is 39.2 Å². The second-order valence-electron chi connectivity index (χ2n) is 4.70. The first-order chi connectivity index (χ1) is 8.63. The molecule has 1 aliphatic heterocycles. The normalized spacial score (nSPS) is 19.6. The lowest BCUT2D eigenvalue weighted by Crippen LogP contribution is -2.52. The van der Waals surface area contributed by atoms with Crippen molar-refractivity contribution in [2.24, 2.45) is 0 Å². The van der Waals surface area contributed by atoms with Gasteiger partial charge in [0.15, 0.2) is 0 Å². The van der Waals surface area contributed by atoms with E-state index < -0.39 is 0 Å². The van der Waals surface area contributed by atoms with Crippen molar-refractivity contribution in [1.82, 2.24) is 21.1 Å². The molecule has 2 amide bonds. The largest absolute Gasteiger partial charge is 0.315 e. The summed E-state index contributed by atoms with van der Waals surface area (Å²) in [5.41, 5.74) is 4.72. The van der Waals surface area contributed by atoms with Gasteiger partial charge in [-0.25, -0.2) is 0 Å². The number of carbonyl (C=O) groups excluding carboxylic acids is 2. The molecule has 0 bridgehead atoms. The van der Waals surface area contributed by atoms with Crippen LogP contribution >= 0.6 is 0 Å². The standard InChI is InChI=1S/C12H24N4O2/c1-3-7-16(11-5-4-6-13-8-11)9-12(18)15-14-10(2)17/h11,13H,3-9H2,1-2H3,(H,14,17)(H,15,18). The van der Waals surface area contributed by atoms with Gasteiger partial charge in [-0.3, -0.25) is 25.3 Å². The highest BCUT2D eigenvalue weighted by Gasteiger charge is 2.22. The van der Waals surface area contributed by atoms with Crippen LogP contribution in [0.15, 0.2) is 0 Å². The lowest BCUT2D eigenvalue weighted by atomic mass is 10.1. The summed E-state index contributed by atoms with van der Waals surface area (Å²) in [6.45, 7) is 6.71. The molecular formula is C12H24N4O2. The first-order valence-electron chi connectivity index (χ1n) is 6.63. The van der Waals surface area contributed by atoms with Gasteiger partial charge in [0.2, 0.25) is 5.91 Å². The van der Waals surface area contributed by atoms with Gasteiger partial charge in [-0.2, -0.15) is 0 Å². The van der Waals surface area contributed by atoms with Gasteiger partial charge in [-0.05, 0) is 32.4 Å². The van der Waals surface area contributed by atoms with E-state index in [1.54, 1.807) is 0 Å². The lowest BCUT2D eigenvalue weighted by Gasteiger charge is -2.34. The molecule has 1 saturated heterocycles. The molecule has 0 aromatic heterocycles. The molecule has 6 heteroatoms. The van der Waals surface area contributed by atoms with E-state index in [9.17, 15) is 9.59 Å². The average molecular weight is 256 g/mol. The first-order valence-corrected chi connectivity index (χ1v) is 6.63. The number of nitrogens with zero attached hydrogens (tertiary/aromatic N) is 1. The number of carbonyl (C=O) groups is 2.